The van der Waals surface area contributed by atoms with Crippen LogP contribution in [0.2, 0.25) is 0 Å². The molecule has 0 radical (unpaired) electrons. The van der Waals surface area contributed by atoms with Crippen molar-refractivity contribution >= 4 is 11.3 Å². The second-order valence-corrected chi connectivity index (χ2v) is 3.03. The number of aromatic nitrogens is 1. The molecule has 58 valence electrons. The molecular weight excluding hydrogens is 158 g/mol. The number of hydrogen-bond acceptors (Lipinski definition) is 2. The lowest BCUT2D eigenvalue weighted by Gasteiger charge is -1.95. The second kappa shape index (κ2) is 3.99. The van der Waals surface area contributed by atoms with Gasteiger partial charge in [0.1, 0.15) is 0 Å². The zero-order valence-corrected chi connectivity index (χ0v) is 6.93. The Bertz CT molecular complexity index is 304. The van der Waals surface area contributed by atoms with Gasteiger partial charge < -0.3 is 4.57 Å². The van der Waals surface area contributed by atoms with Crippen molar-refractivity contribution in [1.29, 1.82) is 0 Å². The van der Waals surface area contributed by atoms with Gasteiger partial charge in [0, 0.05) is 24.5 Å². The lowest BCUT2D eigenvalue weighted by molar-refractivity contribution is 0.647. The minimum absolute atomic E-state index is 0.0991. The molecule has 11 heavy (non-hydrogen) atoms. The summed E-state index contributed by atoms with van der Waals surface area (Å²) >= 11 is 1.22. The van der Waals surface area contributed by atoms with Crippen molar-refractivity contribution in [3.8, 4) is 12.3 Å². The van der Waals surface area contributed by atoms with Crippen LogP contribution >= 0.6 is 11.3 Å². The van der Waals surface area contributed by atoms with Crippen LogP contribution in [0, 0.1) is 12.3 Å². The molecular formula is C8H9NOS. The van der Waals surface area contributed by atoms with Gasteiger partial charge in [0.15, 0.2) is 0 Å². The number of hydrogen-bond donors (Lipinski definition) is 0. The van der Waals surface area contributed by atoms with E-state index in [0.717, 1.165) is 19.4 Å². The zero-order valence-electron chi connectivity index (χ0n) is 6.12. The molecule has 0 aliphatic heterocycles. The fraction of sp³-hybridized carbons (Fsp3) is 0.375. The molecule has 0 aliphatic carbocycles. The topological polar surface area (TPSA) is 22.0 Å². The first-order chi connectivity index (χ1) is 5.34. The van der Waals surface area contributed by atoms with E-state index in [1.807, 2.05) is 0 Å². The maximum atomic E-state index is 10.9. The first-order valence-electron chi connectivity index (χ1n) is 3.42. The maximum Gasteiger partial charge on any atom is 0.307 e. The molecule has 0 aliphatic rings. The predicted molar refractivity (Wildman–Crippen MR) is 46.6 cm³/mol. The number of terminal acetylenes is 1. The van der Waals surface area contributed by atoms with Crippen LogP contribution < -0.4 is 4.87 Å². The lowest BCUT2D eigenvalue weighted by atomic mass is 10.3. The summed E-state index contributed by atoms with van der Waals surface area (Å²) in [5.41, 5.74) is 0. The Morgan fingerprint density at radius 3 is 3.09 bits per heavy atom. The van der Waals surface area contributed by atoms with Gasteiger partial charge in [-0.2, -0.15) is 0 Å². The van der Waals surface area contributed by atoms with Crippen LogP contribution in [0.5, 0.6) is 0 Å². The third-order valence-corrected chi connectivity index (χ3v) is 2.06. The number of unbranched alkanes of at least 4 members (excludes halogenated alkanes) is 1. The van der Waals surface area contributed by atoms with E-state index in [4.69, 9.17) is 6.42 Å². The van der Waals surface area contributed by atoms with Crippen molar-refractivity contribution < 1.29 is 0 Å². The minimum Gasteiger partial charge on any atom is -0.306 e. The summed E-state index contributed by atoms with van der Waals surface area (Å²) in [7, 11) is 0. The monoisotopic (exact) mass is 167 g/mol. The third kappa shape index (κ3) is 2.24. The Labute approximate surface area is 69.5 Å². The predicted octanol–water partition coefficient (Wildman–Crippen LogP) is 1.32. The minimum atomic E-state index is 0.0991. The van der Waals surface area contributed by atoms with Crippen LogP contribution in [0.25, 0.3) is 0 Å². The number of nitrogens with zero attached hydrogens (tertiary/aromatic N) is 1. The molecule has 1 aromatic rings. The molecule has 3 heteroatoms. The van der Waals surface area contributed by atoms with Gasteiger partial charge in [-0.05, 0) is 6.42 Å². The Kier molecular flexibility index (Phi) is 2.94. The van der Waals surface area contributed by atoms with Crippen molar-refractivity contribution in [1.82, 2.24) is 4.57 Å². The number of aryl methyl sites for hydroxylation is 1. The summed E-state index contributed by atoms with van der Waals surface area (Å²) in [6.07, 6.45) is 8.49. The molecule has 1 rings (SSSR count). The average Bonchev–Trinajstić information content (AvgIpc) is 2.37. The molecule has 0 spiro atoms. The highest BCUT2D eigenvalue weighted by molar-refractivity contribution is 7.07. The van der Waals surface area contributed by atoms with Crippen molar-refractivity contribution in [2.75, 3.05) is 0 Å². The van der Waals surface area contributed by atoms with Gasteiger partial charge in [-0.15, -0.1) is 12.3 Å². The highest BCUT2D eigenvalue weighted by Gasteiger charge is 1.93. The van der Waals surface area contributed by atoms with E-state index in [2.05, 4.69) is 5.92 Å². The van der Waals surface area contributed by atoms with Gasteiger partial charge >= 0.3 is 4.87 Å². The summed E-state index contributed by atoms with van der Waals surface area (Å²) < 4.78 is 1.68. The Hall–Kier alpha value is -1.01. The SMILES string of the molecule is C#CCCCn1ccsc1=O. The normalized spacial score (nSPS) is 9.36. The molecule has 1 heterocycles. The van der Waals surface area contributed by atoms with E-state index in [9.17, 15) is 4.79 Å². The van der Waals surface area contributed by atoms with E-state index in [0.29, 0.717) is 0 Å². The van der Waals surface area contributed by atoms with Crippen molar-refractivity contribution in [3.05, 3.63) is 21.2 Å². The fourth-order valence-corrected chi connectivity index (χ4v) is 1.42. The number of thiazole rings is 1. The first-order valence-corrected chi connectivity index (χ1v) is 4.30. The van der Waals surface area contributed by atoms with Crippen molar-refractivity contribution in [2.24, 2.45) is 0 Å². The van der Waals surface area contributed by atoms with Crippen LogP contribution in [0.3, 0.4) is 0 Å². The van der Waals surface area contributed by atoms with E-state index >= 15 is 0 Å². The molecule has 0 amide bonds. The zero-order chi connectivity index (χ0) is 8.10. The summed E-state index contributed by atoms with van der Waals surface area (Å²) in [5, 5.41) is 1.79. The molecule has 0 unspecified atom stereocenters. The summed E-state index contributed by atoms with van der Waals surface area (Å²) in [5.74, 6) is 2.54. The molecule has 0 aromatic carbocycles. The lowest BCUT2D eigenvalue weighted by Crippen LogP contribution is -2.11. The molecule has 0 bridgehead atoms. The van der Waals surface area contributed by atoms with Gasteiger partial charge in [-0.25, -0.2) is 0 Å². The van der Waals surface area contributed by atoms with E-state index < -0.39 is 0 Å². The Morgan fingerprint density at radius 1 is 1.73 bits per heavy atom. The highest BCUT2D eigenvalue weighted by Crippen LogP contribution is 1.93. The Morgan fingerprint density at radius 2 is 2.55 bits per heavy atom. The van der Waals surface area contributed by atoms with Gasteiger partial charge in [-0.3, -0.25) is 4.79 Å². The van der Waals surface area contributed by atoms with E-state index in [1.54, 1.807) is 16.1 Å². The summed E-state index contributed by atoms with van der Waals surface area (Å²) in [6, 6.07) is 0. The standard InChI is InChI=1S/C8H9NOS/c1-2-3-4-5-9-6-7-11-8(9)10/h1,6-7H,3-5H2. The van der Waals surface area contributed by atoms with E-state index in [1.165, 1.54) is 11.3 Å². The van der Waals surface area contributed by atoms with Gasteiger partial charge in [0.25, 0.3) is 0 Å². The first kappa shape index (κ1) is 8.09. The maximum absolute atomic E-state index is 10.9. The van der Waals surface area contributed by atoms with Crippen LogP contribution in [0.1, 0.15) is 12.8 Å². The second-order valence-electron chi connectivity index (χ2n) is 2.17. The molecule has 2 nitrogen and oxygen atoms in total. The third-order valence-electron chi connectivity index (χ3n) is 1.36. The quantitative estimate of drug-likeness (QED) is 0.491. The number of rotatable bonds is 3. The van der Waals surface area contributed by atoms with Crippen molar-refractivity contribution in [3.63, 3.8) is 0 Å². The largest absolute Gasteiger partial charge is 0.307 e. The van der Waals surface area contributed by atoms with E-state index in [-0.39, 0.29) is 4.87 Å². The van der Waals surface area contributed by atoms with Gasteiger partial charge in [-0.1, -0.05) is 11.3 Å². The van der Waals surface area contributed by atoms with Crippen molar-refractivity contribution in [2.45, 2.75) is 19.4 Å². The van der Waals surface area contributed by atoms with Crippen LogP contribution in [-0.2, 0) is 6.54 Å². The summed E-state index contributed by atoms with van der Waals surface area (Å²) in [4.78, 5) is 11.0. The molecule has 0 fully saturated rings. The smallest absolute Gasteiger partial charge is 0.306 e. The van der Waals surface area contributed by atoms with Crippen LogP contribution in [-0.4, -0.2) is 4.57 Å². The summed E-state index contributed by atoms with van der Waals surface area (Å²) in [6.45, 7) is 0.743. The van der Waals surface area contributed by atoms with Gasteiger partial charge in [0.05, 0.1) is 0 Å². The van der Waals surface area contributed by atoms with Crippen LogP contribution in [0.4, 0.5) is 0 Å². The molecule has 0 saturated carbocycles. The molecule has 0 saturated heterocycles. The molecule has 1 aromatic heterocycles. The average molecular weight is 167 g/mol. The highest BCUT2D eigenvalue weighted by atomic mass is 32.1. The van der Waals surface area contributed by atoms with Crippen LogP contribution in [0.15, 0.2) is 16.4 Å². The Balaban J connectivity index is 2.46. The molecule has 0 atom stereocenters. The fourth-order valence-electron chi connectivity index (χ4n) is 0.808. The molecule has 0 N–H and O–H groups in total. The van der Waals surface area contributed by atoms with Gasteiger partial charge in [0.2, 0.25) is 0 Å².